The lowest BCUT2D eigenvalue weighted by atomic mass is 10.1. The number of rotatable bonds is 34. The molecule has 0 N–H and O–H groups in total. The number of unbranched alkanes of at least 4 members (excludes halogenated alkanes) is 16. The molecule has 0 aliphatic carbocycles. The maximum atomic E-state index is 13.0. The van der Waals surface area contributed by atoms with Gasteiger partial charge in [-0.25, -0.2) is 9.59 Å². The average Bonchev–Trinajstić information content (AvgIpc) is 3.39. The molecule has 0 aliphatic heterocycles. The van der Waals surface area contributed by atoms with E-state index in [1.807, 2.05) is 97.1 Å². The van der Waals surface area contributed by atoms with Crippen molar-refractivity contribution >= 4 is 35.7 Å². The Labute approximate surface area is 417 Å². The SMILES string of the molecule is C=C/C=C/CCCCCCCCCCOc1ccc(N=Cc2ccc(C(=O)Oc3cccc(OC(=O)c4ccc(C=Nc5ccc(OCCCCCCCCCC/C=C/C=C)cc5)cc4)c3)cc2)cc1. The van der Waals surface area contributed by atoms with E-state index >= 15 is 0 Å². The van der Waals surface area contributed by atoms with Crippen molar-refractivity contribution in [3.63, 3.8) is 0 Å². The molecule has 5 aromatic rings. The minimum Gasteiger partial charge on any atom is -0.494 e. The molecule has 0 saturated heterocycles. The molecule has 0 bridgehead atoms. The highest BCUT2D eigenvalue weighted by atomic mass is 16.5. The molecule has 0 aliphatic rings. The Morgan fingerprint density at radius 3 is 1.14 bits per heavy atom. The van der Waals surface area contributed by atoms with Crippen LogP contribution in [0.1, 0.15) is 147 Å². The van der Waals surface area contributed by atoms with Gasteiger partial charge in [-0.2, -0.15) is 0 Å². The fourth-order valence-electron chi connectivity index (χ4n) is 7.51. The minimum atomic E-state index is -0.537. The zero-order valence-corrected chi connectivity index (χ0v) is 41.1. The van der Waals surface area contributed by atoms with Crippen molar-refractivity contribution in [1.29, 1.82) is 0 Å². The van der Waals surface area contributed by atoms with E-state index in [1.165, 1.54) is 96.0 Å². The summed E-state index contributed by atoms with van der Waals surface area (Å²) in [5, 5.41) is 0. The fourth-order valence-corrected chi connectivity index (χ4v) is 7.51. The second kappa shape index (κ2) is 33.4. The Kier molecular flexibility index (Phi) is 25.7. The van der Waals surface area contributed by atoms with Crippen LogP contribution in [-0.2, 0) is 0 Å². The number of aliphatic imine (C=N–C) groups is 2. The number of allylic oxidation sites excluding steroid dienone is 6. The van der Waals surface area contributed by atoms with E-state index in [9.17, 15) is 9.59 Å². The van der Waals surface area contributed by atoms with Crippen LogP contribution in [0.25, 0.3) is 0 Å². The molecule has 8 nitrogen and oxygen atoms in total. The molecule has 0 amide bonds. The quantitative estimate of drug-likeness (QED) is 0.0134. The molecule has 5 rings (SSSR count). The zero-order chi connectivity index (χ0) is 49.1. The summed E-state index contributed by atoms with van der Waals surface area (Å²) < 4.78 is 23.1. The number of carbonyl (C=O) groups excluding carboxylic acids is 2. The van der Waals surface area contributed by atoms with Crippen LogP contribution in [0.3, 0.4) is 0 Å². The van der Waals surface area contributed by atoms with Crippen LogP contribution in [0.5, 0.6) is 23.0 Å². The number of hydrogen-bond donors (Lipinski definition) is 0. The maximum Gasteiger partial charge on any atom is 0.343 e. The van der Waals surface area contributed by atoms with Crippen molar-refractivity contribution in [3.8, 4) is 23.0 Å². The van der Waals surface area contributed by atoms with E-state index in [0.717, 1.165) is 59.7 Å². The van der Waals surface area contributed by atoms with Crippen LogP contribution in [0, 0.1) is 0 Å². The lowest BCUT2D eigenvalue weighted by Crippen LogP contribution is -2.10. The number of ether oxygens (including phenoxy) is 4. The number of benzene rings is 5. The molecular formula is C62H72N2O6. The summed E-state index contributed by atoms with van der Waals surface area (Å²) in [5.41, 5.74) is 4.01. The van der Waals surface area contributed by atoms with Gasteiger partial charge < -0.3 is 18.9 Å². The molecule has 5 aromatic carbocycles. The molecule has 0 radical (unpaired) electrons. The Morgan fingerprint density at radius 2 is 0.771 bits per heavy atom. The van der Waals surface area contributed by atoms with Gasteiger partial charge in [0.05, 0.1) is 35.7 Å². The van der Waals surface area contributed by atoms with Crippen LogP contribution < -0.4 is 18.9 Å². The van der Waals surface area contributed by atoms with E-state index in [-0.39, 0.29) is 11.5 Å². The first-order valence-corrected chi connectivity index (χ1v) is 25.3. The summed E-state index contributed by atoms with van der Waals surface area (Å²) >= 11 is 0. The van der Waals surface area contributed by atoms with Crippen LogP contribution in [-0.4, -0.2) is 37.6 Å². The molecule has 366 valence electrons. The van der Waals surface area contributed by atoms with E-state index in [4.69, 9.17) is 18.9 Å². The third-order valence-electron chi connectivity index (χ3n) is 11.5. The first kappa shape index (κ1) is 53.9. The summed E-state index contributed by atoms with van der Waals surface area (Å²) in [6.45, 7) is 8.83. The number of nitrogens with zero attached hydrogens (tertiary/aromatic N) is 2. The standard InChI is InChI=1S/C62H72N2O6/c1-3-5-7-9-11-13-15-17-19-21-23-25-46-67-57-42-38-55(39-43-57)63-49-51-30-34-53(35-31-51)61(65)69-59-28-27-29-60(48-59)70-62(66)54-36-32-52(33-37-54)50-64-56-40-44-58(45-41-56)68-47-26-24-22-20-18-16-14-12-10-8-6-4-2/h3-8,27-45,48-50H,1-2,9-26,46-47H2/b7-5+,8-6+,63-49?,64-50?. The van der Waals surface area contributed by atoms with E-state index in [2.05, 4.69) is 35.3 Å². The number of hydrogen-bond acceptors (Lipinski definition) is 8. The Balaban J connectivity index is 0.948. The highest BCUT2D eigenvalue weighted by Crippen LogP contribution is 2.24. The normalized spacial score (nSPS) is 11.4. The first-order valence-electron chi connectivity index (χ1n) is 25.3. The van der Waals surface area contributed by atoms with Crippen molar-refractivity contribution in [2.24, 2.45) is 9.98 Å². The maximum absolute atomic E-state index is 13.0. The van der Waals surface area contributed by atoms with Gasteiger partial charge >= 0.3 is 11.9 Å². The fraction of sp³-hybridized carbons (Fsp3) is 0.323. The van der Waals surface area contributed by atoms with Crippen molar-refractivity contribution < 1.29 is 28.5 Å². The molecule has 0 spiro atoms. The summed E-state index contributed by atoms with van der Waals surface area (Å²) in [7, 11) is 0. The largest absolute Gasteiger partial charge is 0.494 e. The van der Waals surface area contributed by atoms with Crippen molar-refractivity contribution in [2.75, 3.05) is 13.2 Å². The summed E-state index contributed by atoms with van der Waals surface area (Å²) in [6, 6.07) is 35.9. The van der Waals surface area contributed by atoms with Gasteiger partial charge in [0.1, 0.15) is 23.0 Å². The van der Waals surface area contributed by atoms with Crippen LogP contribution in [0.4, 0.5) is 11.4 Å². The predicted molar refractivity (Wildman–Crippen MR) is 289 cm³/mol. The second-order valence-corrected chi connectivity index (χ2v) is 17.3. The third kappa shape index (κ3) is 22.4. The summed E-state index contributed by atoms with van der Waals surface area (Å²) in [5.74, 6) is 1.10. The second-order valence-electron chi connectivity index (χ2n) is 17.3. The topological polar surface area (TPSA) is 95.8 Å². The average molecular weight is 941 g/mol. The predicted octanol–water partition coefficient (Wildman–Crippen LogP) is 16.9. The summed E-state index contributed by atoms with van der Waals surface area (Å²) in [6.07, 6.45) is 37.8. The van der Waals surface area contributed by atoms with E-state index in [1.54, 1.807) is 54.9 Å². The van der Waals surface area contributed by atoms with Crippen molar-refractivity contribution in [1.82, 2.24) is 0 Å². The number of esters is 2. The molecule has 0 saturated carbocycles. The molecule has 0 fully saturated rings. The first-order chi connectivity index (χ1) is 34.5. The van der Waals surface area contributed by atoms with Gasteiger partial charge in [0, 0.05) is 18.5 Å². The van der Waals surface area contributed by atoms with E-state index < -0.39 is 11.9 Å². The molecule has 0 unspecified atom stereocenters. The lowest BCUT2D eigenvalue weighted by Gasteiger charge is -2.08. The van der Waals surface area contributed by atoms with Crippen LogP contribution in [0.15, 0.2) is 181 Å². The highest BCUT2D eigenvalue weighted by Gasteiger charge is 2.12. The Morgan fingerprint density at radius 1 is 0.414 bits per heavy atom. The Hall–Kier alpha value is -7.06. The van der Waals surface area contributed by atoms with Crippen LogP contribution >= 0.6 is 0 Å². The minimum absolute atomic E-state index is 0.251. The smallest absolute Gasteiger partial charge is 0.343 e. The number of carbonyl (C=O) groups is 2. The lowest BCUT2D eigenvalue weighted by molar-refractivity contribution is 0.0732. The highest BCUT2D eigenvalue weighted by molar-refractivity contribution is 5.93. The molecule has 0 aromatic heterocycles. The van der Waals surface area contributed by atoms with Crippen LogP contribution in [0.2, 0.25) is 0 Å². The monoisotopic (exact) mass is 941 g/mol. The molecule has 8 heteroatoms. The van der Waals surface area contributed by atoms with E-state index in [0.29, 0.717) is 24.3 Å². The summed E-state index contributed by atoms with van der Waals surface area (Å²) in [4.78, 5) is 35.2. The molecule has 0 heterocycles. The van der Waals surface area contributed by atoms with Gasteiger partial charge in [-0.05, 0) is 135 Å². The van der Waals surface area contributed by atoms with Gasteiger partial charge in [-0.3, -0.25) is 9.98 Å². The molecule has 70 heavy (non-hydrogen) atoms. The Bertz CT molecular complexity index is 2230. The van der Waals surface area contributed by atoms with Gasteiger partial charge in [-0.15, -0.1) is 0 Å². The molecular weight excluding hydrogens is 869 g/mol. The van der Waals surface area contributed by atoms with Crippen molar-refractivity contribution in [2.45, 2.75) is 116 Å². The zero-order valence-electron chi connectivity index (χ0n) is 41.1. The molecule has 0 atom stereocenters. The van der Waals surface area contributed by atoms with Crippen molar-refractivity contribution in [3.05, 3.63) is 193 Å². The third-order valence-corrected chi connectivity index (χ3v) is 11.5. The van der Waals surface area contributed by atoms with Gasteiger partial charge in [0.25, 0.3) is 0 Å². The van der Waals surface area contributed by atoms with Gasteiger partial charge in [0.15, 0.2) is 0 Å². The van der Waals surface area contributed by atoms with Gasteiger partial charge in [0.2, 0.25) is 0 Å². The van der Waals surface area contributed by atoms with Gasteiger partial charge in [-0.1, -0.05) is 157 Å².